The van der Waals surface area contributed by atoms with Crippen LogP contribution in [0.25, 0.3) is 0 Å². The summed E-state index contributed by atoms with van der Waals surface area (Å²) in [6.07, 6.45) is 3.93. The summed E-state index contributed by atoms with van der Waals surface area (Å²) in [4.78, 5) is 9.76. The average Bonchev–Trinajstić information content (AvgIpc) is 2.40. The Morgan fingerprint density at radius 1 is 1.12 bits per heavy atom. The molecule has 2 rings (SSSR count). The monoisotopic (exact) mass is 222 g/mol. The summed E-state index contributed by atoms with van der Waals surface area (Å²) in [7, 11) is 0. The van der Waals surface area contributed by atoms with Crippen molar-refractivity contribution >= 4 is 6.47 Å². The highest BCUT2D eigenvalue weighted by atomic mass is 16.5. The Kier molecular flexibility index (Phi) is 7.09. The van der Waals surface area contributed by atoms with Gasteiger partial charge in [-0.25, -0.2) is 0 Å². The van der Waals surface area contributed by atoms with Gasteiger partial charge in [0.2, 0.25) is 0 Å². The lowest BCUT2D eigenvalue weighted by Gasteiger charge is -2.08. The molecule has 1 heterocycles. The number of hydrogen-bond acceptors (Lipinski definition) is 3. The van der Waals surface area contributed by atoms with Crippen LogP contribution in [0.5, 0.6) is 0 Å². The molecular weight excluding hydrogens is 204 g/mol. The van der Waals surface area contributed by atoms with Crippen LogP contribution < -0.4 is 0 Å². The lowest BCUT2D eigenvalue weighted by Crippen LogP contribution is -2.03. The zero-order valence-electron chi connectivity index (χ0n) is 9.43. The van der Waals surface area contributed by atoms with Gasteiger partial charge < -0.3 is 9.47 Å². The molecule has 0 atom stereocenters. The number of benzene rings is 1. The fourth-order valence-electron chi connectivity index (χ4n) is 1.39. The van der Waals surface area contributed by atoms with E-state index in [4.69, 9.17) is 4.74 Å². The molecule has 0 aliphatic carbocycles. The van der Waals surface area contributed by atoms with E-state index in [1.54, 1.807) is 0 Å². The first kappa shape index (κ1) is 12.7. The number of rotatable bonds is 3. The summed E-state index contributed by atoms with van der Waals surface area (Å²) < 4.78 is 9.61. The van der Waals surface area contributed by atoms with Gasteiger partial charge in [0.25, 0.3) is 6.47 Å². The van der Waals surface area contributed by atoms with Gasteiger partial charge in [0, 0.05) is 13.2 Å². The topological polar surface area (TPSA) is 35.5 Å². The molecule has 0 amide bonds. The Hall–Kier alpha value is -1.35. The largest absolute Gasteiger partial charge is 0.463 e. The highest BCUT2D eigenvalue weighted by Crippen LogP contribution is 2.02. The van der Waals surface area contributed by atoms with Crippen LogP contribution in [0, 0.1) is 0 Å². The van der Waals surface area contributed by atoms with Crippen LogP contribution in [0.1, 0.15) is 24.8 Å². The van der Waals surface area contributed by atoms with Gasteiger partial charge in [-0.2, -0.15) is 0 Å². The van der Waals surface area contributed by atoms with E-state index < -0.39 is 0 Å². The average molecular weight is 222 g/mol. The Labute approximate surface area is 96.4 Å². The van der Waals surface area contributed by atoms with Crippen LogP contribution in [0.4, 0.5) is 0 Å². The van der Waals surface area contributed by atoms with Gasteiger partial charge in [0.15, 0.2) is 0 Å². The van der Waals surface area contributed by atoms with Gasteiger partial charge in [-0.1, -0.05) is 30.3 Å². The van der Waals surface area contributed by atoms with Gasteiger partial charge in [0.05, 0.1) is 0 Å². The van der Waals surface area contributed by atoms with E-state index in [1.165, 1.54) is 19.3 Å². The minimum Gasteiger partial charge on any atom is -0.463 e. The lowest BCUT2D eigenvalue weighted by atomic mass is 10.2. The first-order chi connectivity index (χ1) is 7.93. The maximum atomic E-state index is 9.76. The van der Waals surface area contributed by atoms with Crippen LogP contribution in [-0.2, 0) is 20.9 Å². The van der Waals surface area contributed by atoms with Crippen molar-refractivity contribution in [3.8, 4) is 0 Å². The molecule has 1 saturated heterocycles. The van der Waals surface area contributed by atoms with Crippen LogP contribution in [0.15, 0.2) is 30.3 Å². The molecule has 1 aromatic carbocycles. The van der Waals surface area contributed by atoms with Crippen molar-refractivity contribution in [3.63, 3.8) is 0 Å². The Balaban J connectivity index is 0.000000181. The summed E-state index contributed by atoms with van der Waals surface area (Å²) in [6, 6.07) is 9.55. The first-order valence-corrected chi connectivity index (χ1v) is 5.60. The van der Waals surface area contributed by atoms with Crippen molar-refractivity contribution in [2.24, 2.45) is 0 Å². The predicted octanol–water partition coefficient (Wildman–Crippen LogP) is 2.55. The molecule has 1 aromatic rings. The van der Waals surface area contributed by atoms with Crippen molar-refractivity contribution < 1.29 is 14.3 Å². The van der Waals surface area contributed by atoms with Crippen LogP contribution in [-0.4, -0.2) is 19.7 Å². The van der Waals surface area contributed by atoms with E-state index in [0.29, 0.717) is 13.1 Å². The van der Waals surface area contributed by atoms with Crippen LogP contribution in [0.3, 0.4) is 0 Å². The quantitative estimate of drug-likeness (QED) is 0.737. The van der Waals surface area contributed by atoms with E-state index in [0.717, 1.165) is 18.8 Å². The molecule has 16 heavy (non-hydrogen) atoms. The highest BCUT2D eigenvalue weighted by Gasteiger charge is 1.95. The smallest absolute Gasteiger partial charge is 0.293 e. The van der Waals surface area contributed by atoms with Gasteiger partial charge in [-0.15, -0.1) is 0 Å². The Morgan fingerprint density at radius 3 is 2.25 bits per heavy atom. The Morgan fingerprint density at radius 2 is 1.81 bits per heavy atom. The number of carbonyl (C=O) groups excluding carboxylic acids is 1. The molecule has 1 fully saturated rings. The number of ether oxygens (including phenoxy) is 2. The normalized spacial score (nSPS) is 14.5. The molecule has 3 heteroatoms. The standard InChI is InChI=1S/C8H8O2.C5H10O/c9-7-10-6-8-4-2-1-3-5-8;1-2-4-6-5-3-1/h1-5,7H,6H2;1-5H2. The minimum atomic E-state index is 0.365. The molecule has 88 valence electrons. The van der Waals surface area contributed by atoms with E-state index in [9.17, 15) is 4.79 Å². The highest BCUT2D eigenvalue weighted by molar-refractivity contribution is 5.37. The zero-order chi connectivity index (χ0) is 11.5. The maximum absolute atomic E-state index is 9.76. The zero-order valence-corrected chi connectivity index (χ0v) is 9.43. The first-order valence-electron chi connectivity index (χ1n) is 5.60. The number of hydrogen-bond donors (Lipinski definition) is 0. The molecule has 3 nitrogen and oxygen atoms in total. The van der Waals surface area contributed by atoms with Crippen molar-refractivity contribution in [2.45, 2.75) is 25.9 Å². The number of carbonyl (C=O) groups is 1. The summed E-state index contributed by atoms with van der Waals surface area (Å²) in [5, 5.41) is 0. The third kappa shape index (κ3) is 6.19. The molecule has 0 saturated carbocycles. The fourth-order valence-corrected chi connectivity index (χ4v) is 1.39. The molecule has 1 aliphatic heterocycles. The third-order valence-electron chi connectivity index (χ3n) is 2.24. The molecule has 0 N–H and O–H groups in total. The molecule has 0 unspecified atom stereocenters. The summed E-state index contributed by atoms with van der Waals surface area (Å²) in [5.74, 6) is 0. The SMILES string of the molecule is C1CCOCC1.O=COCc1ccccc1. The summed E-state index contributed by atoms with van der Waals surface area (Å²) >= 11 is 0. The second-order valence-electron chi connectivity index (χ2n) is 3.57. The molecule has 0 radical (unpaired) electrons. The second-order valence-corrected chi connectivity index (χ2v) is 3.57. The van der Waals surface area contributed by atoms with Crippen molar-refractivity contribution in [3.05, 3.63) is 35.9 Å². The molecular formula is C13H18O3. The lowest BCUT2D eigenvalue weighted by molar-refractivity contribution is -0.129. The fraction of sp³-hybridized carbons (Fsp3) is 0.462. The van der Waals surface area contributed by atoms with E-state index in [-0.39, 0.29) is 0 Å². The van der Waals surface area contributed by atoms with E-state index in [1.807, 2.05) is 30.3 Å². The van der Waals surface area contributed by atoms with Gasteiger partial charge in [-0.3, -0.25) is 4.79 Å². The van der Waals surface area contributed by atoms with Gasteiger partial charge in [0.1, 0.15) is 6.61 Å². The maximum Gasteiger partial charge on any atom is 0.293 e. The second kappa shape index (κ2) is 8.92. The predicted molar refractivity (Wildman–Crippen MR) is 62.0 cm³/mol. The Bertz CT molecular complexity index is 256. The van der Waals surface area contributed by atoms with E-state index >= 15 is 0 Å². The van der Waals surface area contributed by atoms with Crippen molar-refractivity contribution in [2.75, 3.05) is 13.2 Å². The molecule has 1 aliphatic rings. The van der Waals surface area contributed by atoms with Crippen molar-refractivity contribution in [1.82, 2.24) is 0 Å². The molecule has 0 aromatic heterocycles. The molecule has 0 spiro atoms. The molecule has 0 bridgehead atoms. The van der Waals surface area contributed by atoms with Crippen LogP contribution >= 0.6 is 0 Å². The van der Waals surface area contributed by atoms with Gasteiger partial charge in [-0.05, 0) is 24.8 Å². The van der Waals surface area contributed by atoms with Gasteiger partial charge >= 0.3 is 0 Å². The summed E-state index contributed by atoms with van der Waals surface area (Å²) in [5.41, 5.74) is 1.01. The summed E-state index contributed by atoms with van der Waals surface area (Å²) in [6.45, 7) is 2.82. The van der Waals surface area contributed by atoms with E-state index in [2.05, 4.69) is 4.74 Å². The van der Waals surface area contributed by atoms with Crippen molar-refractivity contribution in [1.29, 1.82) is 0 Å². The van der Waals surface area contributed by atoms with Crippen LogP contribution in [0.2, 0.25) is 0 Å². The third-order valence-corrected chi connectivity index (χ3v) is 2.24. The minimum absolute atomic E-state index is 0.365.